The van der Waals surface area contributed by atoms with Crippen LogP contribution in [0.4, 0.5) is 11.5 Å². The Morgan fingerprint density at radius 2 is 1.96 bits per heavy atom. The summed E-state index contributed by atoms with van der Waals surface area (Å²) in [6, 6.07) is 14.0. The maximum absolute atomic E-state index is 5.49. The van der Waals surface area contributed by atoms with E-state index in [1.54, 1.807) is 24.8 Å². The lowest BCUT2D eigenvalue weighted by Crippen LogP contribution is -1.94. The van der Waals surface area contributed by atoms with E-state index in [4.69, 9.17) is 4.74 Å². The molecule has 0 radical (unpaired) electrons. The predicted octanol–water partition coefficient (Wildman–Crippen LogP) is 5.78. The highest BCUT2D eigenvalue weighted by Crippen LogP contribution is 2.40. The first-order valence-corrected chi connectivity index (χ1v) is 8.60. The largest absolute Gasteiger partial charge is 0.496 e. The molecule has 0 fully saturated rings. The minimum absolute atomic E-state index is 0. The monoisotopic (exact) mass is 421 g/mol. The fourth-order valence-corrected chi connectivity index (χ4v) is 4.07. The van der Waals surface area contributed by atoms with E-state index in [1.165, 1.54) is 0 Å². The summed E-state index contributed by atoms with van der Waals surface area (Å²) < 4.78 is 8.66. The molecule has 0 saturated carbocycles. The minimum Gasteiger partial charge on any atom is -0.496 e. The van der Waals surface area contributed by atoms with Crippen LogP contribution in [0.25, 0.3) is 20.3 Å². The molecule has 7 heteroatoms. The molecule has 2 heterocycles. The molecule has 2 aromatic carbocycles. The lowest BCUT2D eigenvalue weighted by atomic mass is 10.2. The van der Waals surface area contributed by atoms with Crippen molar-refractivity contribution in [3.05, 3.63) is 53.3 Å². The molecule has 4 rings (SSSR count). The van der Waals surface area contributed by atoms with Gasteiger partial charge in [-0.2, -0.15) is 0 Å². The highest BCUT2D eigenvalue weighted by Gasteiger charge is 2.14. The number of fused-ring (bicyclic) bond motifs is 3. The average Bonchev–Trinajstić information content (AvgIpc) is 2.95. The summed E-state index contributed by atoms with van der Waals surface area (Å²) >= 11 is 5.15. The first-order chi connectivity index (χ1) is 11.3. The summed E-state index contributed by atoms with van der Waals surface area (Å²) in [5, 5.41) is 4.41. The number of anilines is 2. The summed E-state index contributed by atoms with van der Waals surface area (Å²) in [6.07, 6.45) is 1.58. The highest BCUT2D eigenvalue weighted by atomic mass is 79.9. The second-order valence-electron chi connectivity index (χ2n) is 4.97. The fraction of sp³-hybridized carbons (Fsp3) is 0.0588. The third-order valence-corrected chi connectivity index (χ3v) is 5.19. The molecular formula is C17H13BrClN3OS. The SMILES string of the molecule is COc1cccc2sc3c(Nc4cccc(Br)c4)ncnc3c12.Cl. The Balaban J connectivity index is 0.00000169. The minimum atomic E-state index is 0. The third-order valence-electron chi connectivity index (χ3n) is 3.55. The van der Waals surface area contributed by atoms with E-state index in [9.17, 15) is 0 Å². The van der Waals surface area contributed by atoms with Gasteiger partial charge in [0.25, 0.3) is 0 Å². The van der Waals surface area contributed by atoms with Crippen molar-refractivity contribution < 1.29 is 4.74 Å². The van der Waals surface area contributed by atoms with Gasteiger partial charge >= 0.3 is 0 Å². The zero-order chi connectivity index (χ0) is 15.8. The molecule has 0 aliphatic carbocycles. The van der Waals surface area contributed by atoms with Crippen LogP contribution in [0.2, 0.25) is 0 Å². The number of benzene rings is 2. The van der Waals surface area contributed by atoms with Crippen molar-refractivity contribution in [2.24, 2.45) is 0 Å². The number of rotatable bonds is 3. The molecule has 24 heavy (non-hydrogen) atoms. The quantitative estimate of drug-likeness (QED) is 0.454. The second-order valence-corrected chi connectivity index (χ2v) is 6.94. The molecule has 2 aromatic heterocycles. The van der Waals surface area contributed by atoms with Crippen LogP contribution >= 0.6 is 39.7 Å². The van der Waals surface area contributed by atoms with Crippen molar-refractivity contribution in [3.8, 4) is 5.75 Å². The molecule has 4 aromatic rings. The maximum Gasteiger partial charge on any atom is 0.151 e. The topological polar surface area (TPSA) is 47.0 Å². The molecule has 0 bridgehead atoms. The van der Waals surface area contributed by atoms with Crippen LogP contribution in [0.15, 0.2) is 53.3 Å². The Labute approximate surface area is 157 Å². The van der Waals surface area contributed by atoms with Gasteiger partial charge in [0, 0.05) is 14.9 Å². The van der Waals surface area contributed by atoms with Crippen LogP contribution in [0.3, 0.4) is 0 Å². The van der Waals surface area contributed by atoms with Crippen molar-refractivity contribution >= 4 is 71.5 Å². The van der Waals surface area contributed by atoms with E-state index >= 15 is 0 Å². The fourth-order valence-electron chi connectivity index (χ4n) is 2.55. The molecule has 0 unspecified atom stereocenters. The molecule has 0 spiro atoms. The van der Waals surface area contributed by atoms with Crippen molar-refractivity contribution in [1.29, 1.82) is 0 Å². The zero-order valence-electron chi connectivity index (χ0n) is 12.6. The van der Waals surface area contributed by atoms with Gasteiger partial charge in [0.05, 0.1) is 22.7 Å². The van der Waals surface area contributed by atoms with Gasteiger partial charge in [-0.15, -0.1) is 23.7 Å². The number of methoxy groups -OCH3 is 1. The summed E-state index contributed by atoms with van der Waals surface area (Å²) in [6.45, 7) is 0. The van der Waals surface area contributed by atoms with Gasteiger partial charge in [0.1, 0.15) is 12.1 Å². The molecule has 0 saturated heterocycles. The summed E-state index contributed by atoms with van der Waals surface area (Å²) in [5.74, 6) is 1.64. The first-order valence-electron chi connectivity index (χ1n) is 6.99. The van der Waals surface area contributed by atoms with Crippen LogP contribution in [0.5, 0.6) is 5.75 Å². The van der Waals surface area contributed by atoms with Gasteiger partial charge in [0.15, 0.2) is 5.82 Å². The number of hydrogen-bond donors (Lipinski definition) is 1. The van der Waals surface area contributed by atoms with Crippen LogP contribution < -0.4 is 10.1 Å². The van der Waals surface area contributed by atoms with Gasteiger partial charge in [0.2, 0.25) is 0 Å². The summed E-state index contributed by atoms with van der Waals surface area (Å²) in [4.78, 5) is 8.88. The Morgan fingerprint density at radius 3 is 2.75 bits per heavy atom. The first kappa shape index (κ1) is 17.0. The Bertz CT molecular complexity index is 1020. The van der Waals surface area contributed by atoms with Crippen molar-refractivity contribution in [3.63, 3.8) is 0 Å². The van der Waals surface area contributed by atoms with E-state index in [-0.39, 0.29) is 12.4 Å². The maximum atomic E-state index is 5.49. The normalized spacial score (nSPS) is 10.6. The smallest absolute Gasteiger partial charge is 0.151 e. The molecule has 4 nitrogen and oxygen atoms in total. The van der Waals surface area contributed by atoms with Gasteiger partial charge in [-0.3, -0.25) is 0 Å². The van der Waals surface area contributed by atoms with Gasteiger partial charge in [-0.05, 0) is 30.3 Å². The third kappa shape index (κ3) is 2.92. The Hall–Kier alpha value is -1.89. The second kappa shape index (κ2) is 6.93. The van der Waals surface area contributed by atoms with Gasteiger partial charge in [-0.25, -0.2) is 9.97 Å². The molecule has 122 valence electrons. The Kier molecular flexibility index (Phi) is 4.89. The zero-order valence-corrected chi connectivity index (χ0v) is 15.8. The van der Waals surface area contributed by atoms with Crippen molar-refractivity contribution in [2.75, 3.05) is 12.4 Å². The molecule has 0 atom stereocenters. The number of nitrogens with zero attached hydrogens (tertiary/aromatic N) is 2. The van der Waals surface area contributed by atoms with Crippen LogP contribution in [-0.2, 0) is 0 Å². The molecule has 0 amide bonds. The van der Waals surface area contributed by atoms with E-state index in [0.29, 0.717) is 0 Å². The lowest BCUT2D eigenvalue weighted by Gasteiger charge is -2.06. The number of halogens is 2. The number of aromatic nitrogens is 2. The highest BCUT2D eigenvalue weighted by molar-refractivity contribution is 9.10. The molecule has 0 aliphatic rings. The molecular weight excluding hydrogens is 410 g/mol. The number of thiophene rings is 1. The van der Waals surface area contributed by atoms with Crippen LogP contribution in [0, 0.1) is 0 Å². The van der Waals surface area contributed by atoms with Crippen molar-refractivity contribution in [2.45, 2.75) is 0 Å². The lowest BCUT2D eigenvalue weighted by molar-refractivity contribution is 0.420. The number of hydrogen-bond acceptors (Lipinski definition) is 5. The number of nitrogens with one attached hydrogen (secondary N) is 1. The molecule has 0 aliphatic heterocycles. The number of ether oxygens (including phenoxy) is 1. The standard InChI is InChI=1S/C17H12BrN3OS.ClH/c1-22-12-6-3-7-13-14(12)15-16(23-13)17(20-9-19-15)21-11-5-2-4-10(18)8-11;/h2-9H,1H3,(H,19,20,21);1H. The van der Waals surface area contributed by atoms with Gasteiger partial charge in [-0.1, -0.05) is 28.1 Å². The van der Waals surface area contributed by atoms with E-state index in [2.05, 4.69) is 37.3 Å². The summed E-state index contributed by atoms with van der Waals surface area (Å²) in [7, 11) is 1.68. The van der Waals surface area contributed by atoms with Crippen molar-refractivity contribution in [1.82, 2.24) is 9.97 Å². The van der Waals surface area contributed by atoms with E-state index in [1.807, 2.05) is 36.4 Å². The average molecular weight is 423 g/mol. The predicted molar refractivity (Wildman–Crippen MR) is 106 cm³/mol. The Morgan fingerprint density at radius 1 is 1.12 bits per heavy atom. The van der Waals surface area contributed by atoms with Crippen LogP contribution in [-0.4, -0.2) is 17.1 Å². The van der Waals surface area contributed by atoms with E-state index < -0.39 is 0 Å². The van der Waals surface area contributed by atoms with E-state index in [0.717, 1.165) is 42.0 Å². The van der Waals surface area contributed by atoms with Crippen LogP contribution in [0.1, 0.15) is 0 Å². The summed E-state index contributed by atoms with van der Waals surface area (Å²) in [5.41, 5.74) is 1.89. The van der Waals surface area contributed by atoms with Gasteiger partial charge < -0.3 is 10.1 Å². The molecule has 1 N–H and O–H groups in total.